The highest BCUT2D eigenvalue weighted by Gasteiger charge is 2.14. The minimum atomic E-state index is -0.487. The predicted molar refractivity (Wildman–Crippen MR) is 64.5 cm³/mol. The molecule has 1 rings (SSSR count). The molecule has 0 fully saturated rings. The fourth-order valence-corrected chi connectivity index (χ4v) is 1.34. The summed E-state index contributed by atoms with van der Waals surface area (Å²) in [6.07, 6.45) is 2.63. The van der Waals surface area contributed by atoms with Gasteiger partial charge in [-0.3, -0.25) is 0 Å². The third-order valence-corrected chi connectivity index (χ3v) is 2.30. The largest absolute Gasteiger partial charge is 0.465 e. The van der Waals surface area contributed by atoms with Gasteiger partial charge in [0.05, 0.1) is 19.8 Å². The first-order valence-electron chi connectivity index (χ1n) is 5.36. The molecule has 1 heterocycles. The van der Waals surface area contributed by atoms with E-state index in [1.807, 2.05) is 0 Å². The fraction of sp³-hybridized carbons (Fsp3) is 0.545. The number of carbonyl (C=O) groups excluding carboxylic acids is 1. The molecular formula is C11H17N3O4. The number of methoxy groups -OCH3 is 3. The van der Waals surface area contributed by atoms with Gasteiger partial charge < -0.3 is 19.5 Å². The Balaban J connectivity index is 2.69. The van der Waals surface area contributed by atoms with Crippen molar-refractivity contribution < 1.29 is 19.0 Å². The maximum atomic E-state index is 11.5. The van der Waals surface area contributed by atoms with E-state index in [9.17, 15) is 4.79 Å². The minimum absolute atomic E-state index is 0.129. The summed E-state index contributed by atoms with van der Waals surface area (Å²) in [6, 6.07) is 0. The van der Waals surface area contributed by atoms with Crippen LogP contribution in [0.2, 0.25) is 0 Å². The Morgan fingerprint density at radius 3 is 2.83 bits per heavy atom. The van der Waals surface area contributed by atoms with Crippen LogP contribution in [0.4, 0.5) is 5.82 Å². The van der Waals surface area contributed by atoms with Crippen molar-refractivity contribution in [2.75, 3.05) is 39.8 Å². The van der Waals surface area contributed by atoms with Crippen molar-refractivity contribution in [3.8, 4) is 0 Å². The summed E-state index contributed by atoms with van der Waals surface area (Å²) >= 11 is 0. The van der Waals surface area contributed by atoms with Gasteiger partial charge >= 0.3 is 5.97 Å². The molecule has 0 saturated heterocycles. The SMILES string of the molecule is COCC(CNc1ncncc1C(=O)OC)OC. The van der Waals surface area contributed by atoms with E-state index < -0.39 is 5.97 Å². The molecule has 0 spiro atoms. The molecule has 1 unspecified atom stereocenters. The topological polar surface area (TPSA) is 82.6 Å². The van der Waals surface area contributed by atoms with E-state index in [1.165, 1.54) is 19.6 Å². The number of carbonyl (C=O) groups is 1. The van der Waals surface area contributed by atoms with Crippen molar-refractivity contribution in [3.63, 3.8) is 0 Å². The monoisotopic (exact) mass is 255 g/mol. The van der Waals surface area contributed by atoms with Gasteiger partial charge in [-0.15, -0.1) is 0 Å². The van der Waals surface area contributed by atoms with Gasteiger partial charge in [-0.25, -0.2) is 14.8 Å². The van der Waals surface area contributed by atoms with E-state index >= 15 is 0 Å². The van der Waals surface area contributed by atoms with Gasteiger partial charge in [0.25, 0.3) is 0 Å². The van der Waals surface area contributed by atoms with Crippen molar-refractivity contribution in [2.24, 2.45) is 0 Å². The Kier molecular flexibility index (Phi) is 6.03. The highest BCUT2D eigenvalue weighted by molar-refractivity contribution is 5.94. The summed E-state index contributed by atoms with van der Waals surface area (Å²) in [5.74, 6) is -0.0752. The molecule has 0 aliphatic heterocycles. The molecule has 0 aromatic carbocycles. The molecule has 0 aliphatic carbocycles. The first kappa shape index (κ1) is 14.3. The van der Waals surface area contributed by atoms with E-state index in [0.29, 0.717) is 19.0 Å². The average Bonchev–Trinajstić information content (AvgIpc) is 2.43. The highest BCUT2D eigenvalue weighted by atomic mass is 16.5. The van der Waals surface area contributed by atoms with Gasteiger partial charge in [-0.1, -0.05) is 0 Å². The molecule has 1 aromatic heterocycles. The zero-order valence-corrected chi connectivity index (χ0v) is 10.7. The van der Waals surface area contributed by atoms with Crippen LogP contribution in [0.5, 0.6) is 0 Å². The van der Waals surface area contributed by atoms with E-state index in [4.69, 9.17) is 9.47 Å². The second-order valence-corrected chi connectivity index (χ2v) is 3.47. The van der Waals surface area contributed by atoms with Gasteiger partial charge in [0, 0.05) is 27.0 Å². The van der Waals surface area contributed by atoms with E-state index in [-0.39, 0.29) is 11.7 Å². The number of anilines is 1. The van der Waals surface area contributed by atoms with E-state index in [2.05, 4.69) is 20.0 Å². The highest BCUT2D eigenvalue weighted by Crippen LogP contribution is 2.11. The van der Waals surface area contributed by atoms with Gasteiger partial charge in [0.2, 0.25) is 0 Å². The lowest BCUT2D eigenvalue weighted by Gasteiger charge is -2.16. The van der Waals surface area contributed by atoms with Crippen molar-refractivity contribution >= 4 is 11.8 Å². The number of hydrogen-bond donors (Lipinski definition) is 1. The van der Waals surface area contributed by atoms with Crippen molar-refractivity contribution in [3.05, 3.63) is 18.1 Å². The van der Waals surface area contributed by atoms with Crippen molar-refractivity contribution in [1.29, 1.82) is 0 Å². The van der Waals surface area contributed by atoms with Crippen LogP contribution in [0.15, 0.2) is 12.5 Å². The molecule has 7 nitrogen and oxygen atoms in total. The lowest BCUT2D eigenvalue weighted by molar-refractivity contribution is 0.0364. The van der Waals surface area contributed by atoms with Crippen LogP contribution in [-0.2, 0) is 14.2 Å². The fourth-order valence-electron chi connectivity index (χ4n) is 1.34. The van der Waals surface area contributed by atoms with Crippen molar-refractivity contribution in [2.45, 2.75) is 6.10 Å². The second kappa shape index (κ2) is 7.57. The Morgan fingerprint density at radius 2 is 2.22 bits per heavy atom. The molecule has 0 bridgehead atoms. The average molecular weight is 255 g/mol. The molecule has 0 radical (unpaired) electrons. The third kappa shape index (κ3) is 3.94. The first-order chi connectivity index (χ1) is 8.72. The van der Waals surface area contributed by atoms with Crippen LogP contribution in [0.3, 0.4) is 0 Å². The van der Waals surface area contributed by atoms with Crippen LogP contribution in [0.25, 0.3) is 0 Å². The molecule has 0 aliphatic rings. The standard InChI is InChI=1S/C11H17N3O4/c1-16-6-8(17-2)4-13-10-9(11(15)18-3)5-12-7-14-10/h5,7-8H,4,6H2,1-3H3,(H,12,13,14). The molecule has 1 aromatic rings. The second-order valence-electron chi connectivity index (χ2n) is 3.47. The molecule has 1 N–H and O–H groups in total. The molecule has 7 heteroatoms. The minimum Gasteiger partial charge on any atom is -0.465 e. The van der Waals surface area contributed by atoms with E-state index in [0.717, 1.165) is 0 Å². The van der Waals surface area contributed by atoms with Crippen LogP contribution < -0.4 is 5.32 Å². The Labute approximate surface area is 105 Å². The maximum absolute atomic E-state index is 11.5. The number of ether oxygens (including phenoxy) is 3. The summed E-state index contributed by atoms with van der Waals surface area (Å²) in [4.78, 5) is 19.3. The molecule has 1 atom stereocenters. The predicted octanol–water partition coefficient (Wildman–Crippen LogP) is 0.336. The smallest absolute Gasteiger partial charge is 0.343 e. The molecule has 18 heavy (non-hydrogen) atoms. The number of nitrogens with one attached hydrogen (secondary N) is 1. The zero-order chi connectivity index (χ0) is 13.4. The summed E-state index contributed by atoms with van der Waals surface area (Å²) in [5.41, 5.74) is 0.285. The van der Waals surface area contributed by atoms with Crippen LogP contribution in [-0.4, -0.2) is 56.5 Å². The Morgan fingerprint density at radius 1 is 1.44 bits per heavy atom. The zero-order valence-electron chi connectivity index (χ0n) is 10.7. The summed E-state index contributed by atoms with van der Waals surface area (Å²) < 4.78 is 14.8. The number of rotatable bonds is 7. The van der Waals surface area contributed by atoms with Gasteiger partial charge in [0.15, 0.2) is 0 Å². The summed E-state index contributed by atoms with van der Waals surface area (Å²) in [5, 5.41) is 3.01. The van der Waals surface area contributed by atoms with Gasteiger partial charge in [-0.2, -0.15) is 0 Å². The number of aromatic nitrogens is 2. The van der Waals surface area contributed by atoms with Crippen LogP contribution in [0, 0.1) is 0 Å². The van der Waals surface area contributed by atoms with E-state index in [1.54, 1.807) is 14.2 Å². The lowest BCUT2D eigenvalue weighted by Crippen LogP contribution is -2.27. The molecule has 100 valence electrons. The first-order valence-corrected chi connectivity index (χ1v) is 5.36. The Bertz CT molecular complexity index is 386. The lowest BCUT2D eigenvalue weighted by atomic mass is 10.3. The van der Waals surface area contributed by atoms with Crippen LogP contribution in [0.1, 0.15) is 10.4 Å². The quantitative estimate of drug-likeness (QED) is 0.703. The molecule has 0 saturated carbocycles. The van der Waals surface area contributed by atoms with Crippen molar-refractivity contribution in [1.82, 2.24) is 9.97 Å². The van der Waals surface area contributed by atoms with Gasteiger partial charge in [0.1, 0.15) is 17.7 Å². The van der Waals surface area contributed by atoms with Crippen LogP contribution >= 0.6 is 0 Å². The molecule has 0 amide bonds. The normalized spacial score (nSPS) is 11.9. The number of esters is 1. The Hall–Kier alpha value is -1.73. The molecular weight excluding hydrogens is 238 g/mol. The third-order valence-electron chi connectivity index (χ3n) is 2.30. The van der Waals surface area contributed by atoms with Gasteiger partial charge in [-0.05, 0) is 0 Å². The maximum Gasteiger partial charge on any atom is 0.343 e. The number of hydrogen-bond acceptors (Lipinski definition) is 7. The summed E-state index contributed by atoms with van der Waals surface area (Å²) in [7, 11) is 4.49. The number of nitrogens with zero attached hydrogens (tertiary/aromatic N) is 2. The summed E-state index contributed by atoms with van der Waals surface area (Å²) in [6.45, 7) is 0.910.